The van der Waals surface area contributed by atoms with Crippen molar-refractivity contribution in [3.63, 3.8) is 0 Å². The second-order valence-corrected chi connectivity index (χ2v) is 7.00. The maximum atomic E-state index is 12.8. The van der Waals surface area contributed by atoms with Gasteiger partial charge in [0.25, 0.3) is 11.5 Å². The summed E-state index contributed by atoms with van der Waals surface area (Å²) in [4.78, 5) is 20.6. The van der Waals surface area contributed by atoms with Crippen molar-refractivity contribution in [3.05, 3.63) is 45.9 Å². The third-order valence-electron chi connectivity index (χ3n) is 5.03. The topological polar surface area (TPSA) is 92.2 Å². The predicted molar refractivity (Wildman–Crippen MR) is 106 cm³/mol. The average Bonchev–Trinajstić information content (AvgIpc) is 3.19. The van der Waals surface area contributed by atoms with Gasteiger partial charge in [-0.1, -0.05) is 50.8 Å². The fourth-order valence-corrected chi connectivity index (χ4v) is 3.53. The Morgan fingerprint density at radius 1 is 1.07 bits per heavy atom. The van der Waals surface area contributed by atoms with E-state index >= 15 is 0 Å². The van der Waals surface area contributed by atoms with Crippen LogP contribution in [0.5, 0.6) is 0 Å². The van der Waals surface area contributed by atoms with Crippen LogP contribution in [0.2, 0.25) is 0 Å². The van der Waals surface area contributed by atoms with Crippen LogP contribution in [0.15, 0.2) is 29.1 Å². The van der Waals surface area contributed by atoms with Gasteiger partial charge < -0.3 is 4.98 Å². The summed E-state index contributed by atoms with van der Waals surface area (Å²) in [5.74, 6) is 0.263. The minimum Gasteiger partial charge on any atom is -0.338 e. The molecule has 0 atom stereocenters. The average molecular weight is 364 g/mol. The van der Waals surface area contributed by atoms with Gasteiger partial charge in [-0.05, 0) is 25.8 Å². The molecule has 4 aromatic rings. The summed E-state index contributed by atoms with van der Waals surface area (Å²) >= 11 is 0. The van der Waals surface area contributed by atoms with E-state index in [1.807, 2.05) is 31.2 Å². The first-order valence-electron chi connectivity index (χ1n) is 9.61. The molecule has 0 saturated heterocycles. The molecule has 0 fully saturated rings. The van der Waals surface area contributed by atoms with E-state index in [0.717, 1.165) is 41.4 Å². The van der Waals surface area contributed by atoms with E-state index in [1.165, 1.54) is 23.9 Å². The molecule has 0 amide bonds. The molecule has 4 rings (SSSR count). The smallest absolute Gasteiger partial charge is 0.277 e. The number of benzene rings is 1. The van der Waals surface area contributed by atoms with Crippen LogP contribution >= 0.6 is 0 Å². The number of aryl methyl sites for hydroxylation is 1. The number of unbranched alkanes of at least 4 members (excludes halogenated alkanes) is 4. The van der Waals surface area contributed by atoms with Crippen molar-refractivity contribution < 1.29 is 0 Å². The molecule has 0 bridgehead atoms. The van der Waals surface area contributed by atoms with Crippen molar-refractivity contribution in [2.45, 2.75) is 52.4 Å². The number of nitrogens with zero attached hydrogens (tertiary/aromatic N) is 4. The zero-order chi connectivity index (χ0) is 18.8. The SMILES string of the molecule is CCCCCCCc1c(C)[nH]n(-c2nnc3c(n2)[nH]c2ccccc23)c1=O. The molecule has 27 heavy (non-hydrogen) atoms. The molecule has 1 aromatic carbocycles. The number of para-hydroxylation sites is 1. The van der Waals surface area contributed by atoms with Crippen LogP contribution in [0, 0.1) is 6.92 Å². The monoisotopic (exact) mass is 364 g/mol. The van der Waals surface area contributed by atoms with Gasteiger partial charge >= 0.3 is 0 Å². The molecule has 2 N–H and O–H groups in total. The predicted octanol–water partition coefficient (Wildman–Crippen LogP) is 3.81. The highest BCUT2D eigenvalue weighted by Crippen LogP contribution is 2.21. The Balaban J connectivity index is 1.64. The van der Waals surface area contributed by atoms with Gasteiger partial charge in [0.1, 0.15) is 5.52 Å². The molecule has 0 spiro atoms. The molecule has 3 heterocycles. The first-order valence-corrected chi connectivity index (χ1v) is 9.61. The summed E-state index contributed by atoms with van der Waals surface area (Å²) in [5, 5.41) is 12.6. The van der Waals surface area contributed by atoms with E-state index in [-0.39, 0.29) is 11.5 Å². The zero-order valence-electron chi connectivity index (χ0n) is 15.7. The fourth-order valence-electron chi connectivity index (χ4n) is 3.53. The number of nitrogens with one attached hydrogen (secondary N) is 2. The molecule has 0 radical (unpaired) electrons. The highest BCUT2D eigenvalue weighted by atomic mass is 16.1. The number of rotatable bonds is 7. The van der Waals surface area contributed by atoms with E-state index in [4.69, 9.17) is 0 Å². The van der Waals surface area contributed by atoms with E-state index in [9.17, 15) is 4.79 Å². The van der Waals surface area contributed by atoms with Gasteiger partial charge in [0.2, 0.25) is 0 Å². The van der Waals surface area contributed by atoms with Gasteiger partial charge in [-0.3, -0.25) is 9.89 Å². The highest BCUT2D eigenvalue weighted by molar-refractivity contribution is 6.03. The molecule has 7 heteroatoms. The number of H-pyrrole nitrogens is 2. The number of aromatic nitrogens is 6. The molecule has 0 aliphatic carbocycles. The molecular formula is C20H24N6O. The van der Waals surface area contributed by atoms with E-state index in [0.29, 0.717) is 11.2 Å². The number of aromatic amines is 2. The van der Waals surface area contributed by atoms with Gasteiger partial charge in [-0.25, -0.2) is 0 Å². The Bertz CT molecular complexity index is 1140. The van der Waals surface area contributed by atoms with Crippen LogP contribution < -0.4 is 5.56 Å². The fraction of sp³-hybridized carbons (Fsp3) is 0.400. The highest BCUT2D eigenvalue weighted by Gasteiger charge is 2.16. The van der Waals surface area contributed by atoms with Crippen LogP contribution in [0.3, 0.4) is 0 Å². The minimum absolute atomic E-state index is 0.0831. The molecule has 3 aromatic heterocycles. The largest absolute Gasteiger partial charge is 0.338 e. The molecule has 0 aliphatic heterocycles. The summed E-state index contributed by atoms with van der Waals surface area (Å²) in [5.41, 5.74) is 3.89. The first kappa shape index (κ1) is 17.5. The lowest BCUT2D eigenvalue weighted by atomic mass is 10.1. The van der Waals surface area contributed by atoms with Gasteiger partial charge in [-0.15, -0.1) is 10.2 Å². The zero-order valence-corrected chi connectivity index (χ0v) is 15.7. The van der Waals surface area contributed by atoms with E-state index < -0.39 is 0 Å². The Morgan fingerprint density at radius 2 is 1.89 bits per heavy atom. The van der Waals surface area contributed by atoms with Crippen LogP contribution in [0.1, 0.15) is 50.3 Å². The van der Waals surface area contributed by atoms with Gasteiger partial charge in [0, 0.05) is 22.2 Å². The summed E-state index contributed by atoms with van der Waals surface area (Å²) in [7, 11) is 0. The molecule has 0 unspecified atom stereocenters. The summed E-state index contributed by atoms with van der Waals surface area (Å²) in [6, 6.07) is 7.86. The minimum atomic E-state index is -0.0831. The van der Waals surface area contributed by atoms with Crippen LogP contribution in [-0.2, 0) is 6.42 Å². The standard InChI is InChI=1S/C20H24N6O/c1-3-4-5-6-7-10-14-13(2)25-26(19(14)27)20-22-18-17(23-24-20)15-11-8-9-12-16(15)21-18/h8-9,11-12,25H,3-7,10H2,1-2H3,(H,21,22,24). The number of hydrogen-bond acceptors (Lipinski definition) is 4. The first-order chi connectivity index (χ1) is 13.2. The molecule has 7 nitrogen and oxygen atoms in total. The lowest BCUT2D eigenvalue weighted by Gasteiger charge is -1.99. The Kier molecular flexibility index (Phi) is 4.75. The third-order valence-corrected chi connectivity index (χ3v) is 5.03. The maximum absolute atomic E-state index is 12.8. The molecule has 0 saturated carbocycles. The van der Waals surface area contributed by atoms with Crippen LogP contribution in [0.4, 0.5) is 0 Å². The van der Waals surface area contributed by atoms with Crippen molar-refractivity contribution in [1.82, 2.24) is 29.9 Å². The number of fused-ring (bicyclic) bond motifs is 3. The Hall–Kier alpha value is -2.96. The molecule has 140 valence electrons. The second-order valence-electron chi connectivity index (χ2n) is 7.00. The van der Waals surface area contributed by atoms with Crippen molar-refractivity contribution in [3.8, 4) is 5.95 Å². The van der Waals surface area contributed by atoms with Crippen molar-refractivity contribution in [1.29, 1.82) is 0 Å². The van der Waals surface area contributed by atoms with Crippen molar-refractivity contribution in [2.24, 2.45) is 0 Å². The molecular weight excluding hydrogens is 340 g/mol. The quantitative estimate of drug-likeness (QED) is 0.488. The number of hydrogen-bond donors (Lipinski definition) is 2. The summed E-state index contributed by atoms with van der Waals surface area (Å²) < 4.78 is 1.40. The second kappa shape index (κ2) is 7.34. The van der Waals surface area contributed by atoms with Crippen LogP contribution in [-0.4, -0.2) is 29.9 Å². The van der Waals surface area contributed by atoms with Gasteiger partial charge in [0.05, 0.1) is 0 Å². The molecule has 0 aliphatic rings. The van der Waals surface area contributed by atoms with Gasteiger partial charge in [-0.2, -0.15) is 9.67 Å². The summed E-state index contributed by atoms with van der Waals surface area (Å²) in [6.45, 7) is 4.13. The third kappa shape index (κ3) is 3.25. The van der Waals surface area contributed by atoms with Gasteiger partial charge in [0.15, 0.2) is 5.65 Å². The Morgan fingerprint density at radius 3 is 2.74 bits per heavy atom. The van der Waals surface area contributed by atoms with Crippen molar-refractivity contribution in [2.75, 3.05) is 0 Å². The van der Waals surface area contributed by atoms with E-state index in [2.05, 4.69) is 32.2 Å². The van der Waals surface area contributed by atoms with E-state index in [1.54, 1.807) is 0 Å². The Labute approximate surface area is 156 Å². The van der Waals surface area contributed by atoms with Crippen LogP contribution in [0.25, 0.3) is 28.0 Å². The van der Waals surface area contributed by atoms with Crippen molar-refractivity contribution >= 4 is 22.1 Å². The lowest BCUT2D eigenvalue weighted by Crippen LogP contribution is -2.20. The lowest BCUT2D eigenvalue weighted by molar-refractivity contribution is 0.630. The summed E-state index contributed by atoms with van der Waals surface area (Å²) in [6.07, 6.45) is 6.64. The normalized spacial score (nSPS) is 11.6. The maximum Gasteiger partial charge on any atom is 0.277 e.